The Morgan fingerprint density at radius 1 is 1.19 bits per heavy atom. The van der Waals surface area contributed by atoms with Gasteiger partial charge in [0.2, 0.25) is 5.91 Å². The van der Waals surface area contributed by atoms with Crippen molar-refractivity contribution < 1.29 is 32.6 Å². The molecule has 9 heteroatoms. The van der Waals surface area contributed by atoms with Crippen molar-refractivity contribution in [3.8, 4) is 5.75 Å². The molecule has 0 spiro atoms. The molecule has 0 saturated carbocycles. The molecule has 0 saturated heterocycles. The number of anilines is 1. The quantitative estimate of drug-likeness (QED) is 0.715. The molecule has 0 radical (unpaired) electrons. The van der Waals surface area contributed by atoms with Crippen molar-refractivity contribution in [1.82, 2.24) is 0 Å². The van der Waals surface area contributed by atoms with Gasteiger partial charge in [-0.3, -0.25) is 4.79 Å². The van der Waals surface area contributed by atoms with Gasteiger partial charge in [0, 0.05) is 17.0 Å². The number of hydrogen-bond acceptors (Lipinski definition) is 3. The maximum atomic E-state index is 12.6. The number of ether oxygens (including phenoxy) is 1. The van der Waals surface area contributed by atoms with Crippen LogP contribution in [0.1, 0.15) is 34.8 Å². The molecule has 0 heterocycles. The zero-order valence-corrected chi connectivity index (χ0v) is 14.8. The second-order valence-electron chi connectivity index (χ2n) is 5.51. The minimum Gasteiger partial charge on any atom is -0.489 e. The third-order valence-corrected chi connectivity index (χ3v) is 3.94. The Kier molecular flexibility index (Phi) is 6.32. The van der Waals surface area contributed by atoms with E-state index in [4.69, 9.17) is 16.3 Å². The Bertz CT molecular complexity index is 868. The van der Waals surface area contributed by atoms with Gasteiger partial charge in [0.15, 0.2) is 0 Å². The average Bonchev–Trinajstić information content (AvgIpc) is 2.60. The molecule has 2 aromatic carbocycles. The molecule has 0 bridgehead atoms. The van der Waals surface area contributed by atoms with Crippen LogP contribution in [0, 0.1) is 0 Å². The highest BCUT2D eigenvalue weighted by Gasteiger charge is 2.30. The SMILES string of the molecule is CCC(=O)Nc1ccc(OCc2ccc(C(F)(F)F)cc2Cl)cc1C(=O)O. The summed E-state index contributed by atoms with van der Waals surface area (Å²) in [5, 5.41) is 11.6. The predicted octanol–water partition coefficient (Wildman–Crippen LogP) is 4.98. The Morgan fingerprint density at radius 3 is 2.44 bits per heavy atom. The van der Waals surface area contributed by atoms with Gasteiger partial charge in [0.25, 0.3) is 0 Å². The number of hydrogen-bond donors (Lipinski definition) is 2. The molecular weight excluding hydrogens is 387 g/mol. The van der Waals surface area contributed by atoms with Gasteiger partial charge in [0.05, 0.1) is 16.8 Å². The van der Waals surface area contributed by atoms with Crippen molar-refractivity contribution in [1.29, 1.82) is 0 Å². The highest BCUT2D eigenvalue weighted by Crippen LogP contribution is 2.32. The fourth-order valence-electron chi connectivity index (χ4n) is 2.14. The highest BCUT2D eigenvalue weighted by atomic mass is 35.5. The molecule has 1 amide bonds. The minimum absolute atomic E-state index is 0.116. The third-order valence-electron chi connectivity index (χ3n) is 3.59. The number of carboxylic acid groups (broad SMARTS) is 1. The normalized spacial score (nSPS) is 11.1. The van der Waals surface area contributed by atoms with Crippen LogP contribution in [0.15, 0.2) is 36.4 Å². The second-order valence-corrected chi connectivity index (χ2v) is 5.91. The largest absolute Gasteiger partial charge is 0.489 e. The van der Waals surface area contributed by atoms with Gasteiger partial charge in [-0.2, -0.15) is 13.2 Å². The van der Waals surface area contributed by atoms with Crippen molar-refractivity contribution in [3.05, 3.63) is 58.1 Å². The molecule has 0 aliphatic heterocycles. The van der Waals surface area contributed by atoms with Crippen LogP contribution in [0.5, 0.6) is 5.75 Å². The van der Waals surface area contributed by atoms with Crippen LogP contribution in [0.4, 0.5) is 18.9 Å². The summed E-state index contributed by atoms with van der Waals surface area (Å²) in [7, 11) is 0. The third kappa shape index (κ3) is 5.37. The lowest BCUT2D eigenvalue weighted by molar-refractivity contribution is -0.137. The van der Waals surface area contributed by atoms with Crippen LogP contribution in [-0.4, -0.2) is 17.0 Å². The van der Waals surface area contributed by atoms with Gasteiger partial charge in [-0.05, 0) is 30.3 Å². The zero-order chi connectivity index (χ0) is 20.2. The lowest BCUT2D eigenvalue weighted by Crippen LogP contribution is -2.13. The number of carboxylic acids is 1. The van der Waals surface area contributed by atoms with E-state index in [9.17, 15) is 27.9 Å². The van der Waals surface area contributed by atoms with Gasteiger partial charge >= 0.3 is 12.1 Å². The summed E-state index contributed by atoms with van der Waals surface area (Å²) in [4.78, 5) is 22.8. The average molecular weight is 402 g/mol. The van der Waals surface area contributed by atoms with Crippen LogP contribution in [0.2, 0.25) is 5.02 Å². The van der Waals surface area contributed by atoms with E-state index in [0.717, 1.165) is 12.1 Å². The summed E-state index contributed by atoms with van der Waals surface area (Å²) >= 11 is 5.86. The highest BCUT2D eigenvalue weighted by molar-refractivity contribution is 6.31. The van der Waals surface area contributed by atoms with Crippen LogP contribution in [0.3, 0.4) is 0 Å². The van der Waals surface area contributed by atoms with E-state index < -0.39 is 17.7 Å². The van der Waals surface area contributed by atoms with Gasteiger partial charge < -0.3 is 15.2 Å². The minimum atomic E-state index is -4.50. The van der Waals surface area contributed by atoms with Crippen LogP contribution >= 0.6 is 11.6 Å². The Balaban J connectivity index is 2.17. The monoisotopic (exact) mass is 401 g/mol. The molecular formula is C18H15ClF3NO4. The van der Waals surface area contributed by atoms with Gasteiger partial charge in [0.1, 0.15) is 12.4 Å². The summed E-state index contributed by atoms with van der Waals surface area (Å²) in [6, 6.07) is 6.91. The van der Waals surface area contributed by atoms with Crippen molar-refractivity contribution in [2.24, 2.45) is 0 Å². The maximum Gasteiger partial charge on any atom is 0.416 e. The van der Waals surface area contributed by atoms with E-state index in [2.05, 4.69) is 5.32 Å². The summed E-state index contributed by atoms with van der Waals surface area (Å²) in [6.45, 7) is 1.47. The van der Waals surface area contributed by atoms with Crippen molar-refractivity contribution in [2.45, 2.75) is 26.1 Å². The molecule has 144 valence electrons. The maximum absolute atomic E-state index is 12.6. The standard InChI is InChI=1S/C18H15ClF3NO4/c1-2-16(24)23-15-6-5-12(8-13(15)17(25)26)27-9-10-3-4-11(7-14(10)19)18(20,21)22/h3-8H,2,9H2,1H3,(H,23,24)(H,25,26). The number of halogens is 4. The molecule has 0 aliphatic carbocycles. The number of carbonyl (C=O) groups excluding carboxylic acids is 1. The van der Waals surface area contributed by atoms with E-state index in [1.807, 2.05) is 0 Å². The number of rotatable bonds is 6. The first-order valence-corrected chi connectivity index (χ1v) is 8.15. The predicted molar refractivity (Wildman–Crippen MR) is 93.1 cm³/mol. The Hall–Kier alpha value is -2.74. The first-order valence-electron chi connectivity index (χ1n) is 7.77. The van der Waals surface area contributed by atoms with E-state index in [1.54, 1.807) is 6.92 Å². The first kappa shape index (κ1) is 20.6. The number of nitrogens with one attached hydrogen (secondary N) is 1. The first-order chi connectivity index (χ1) is 12.6. The van der Waals surface area contributed by atoms with E-state index in [1.165, 1.54) is 24.3 Å². The fraction of sp³-hybridized carbons (Fsp3) is 0.222. The van der Waals surface area contributed by atoms with Crippen LogP contribution < -0.4 is 10.1 Å². The molecule has 0 fully saturated rings. The summed E-state index contributed by atoms with van der Waals surface area (Å²) in [6.07, 6.45) is -4.32. The van der Waals surface area contributed by atoms with Crippen LogP contribution in [0.25, 0.3) is 0 Å². The molecule has 27 heavy (non-hydrogen) atoms. The smallest absolute Gasteiger partial charge is 0.416 e. The van der Waals surface area contributed by atoms with E-state index in [-0.39, 0.29) is 41.0 Å². The Morgan fingerprint density at radius 2 is 1.89 bits per heavy atom. The fourth-order valence-corrected chi connectivity index (χ4v) is 2.37. The summed E-state index contributed by atoms with van der Waals surface area (Å²) in [5.74, 6) is -1.44. The molecule has 2 aromatic rings. The number of carbonyl (C=O) groups is 2. The lowest BCUT2D eigenvalue weighted by Gasteiger charge is -2.13. The van der Waals surface area contributed by atoms with Gasteiger partial charge in [-0.25, -0.2) is 4.79 Å². The van der Waals surface area contributed by atoms with E-state index in [0.29, 0.717) is 5.56 Å². The lowest BCUT2D eigenvalue weighted by atomic mass is 10.1. The van der Waals surface area contributed by atoms with E-state index >= 15 is 0 Å². The molecule has 0 atom stereocenters. The van der Waals surface area contributed by atoms with Crippen molar-refractivity contribution in [3.63, 3.8) is 0 Å². The molecule has 2 rings (SSSR count). The zero-order valence-electron chi connectivity index (χ0n) is 14.1. The van der Waals surface area contributed by atoms with Crippen LogP contribution in [-0.2, 0) is 17.6 Å². The molecule has 5 nitrogen and oxygen atoms in total. The number of alkyl halides is 3. The van der Waals surface area contributed by atoms with Gasteiger partial charge in [-0.1, -0.05) is 24.6 Å². The molecule has 0 aliphatic rings. The molecule has 2 N–H and O–H groups in total. The Labute approximate surface area is 157 Å². The number of benzene rings is 2. The molecule has 0 aromatic heterocycles. The van der Waals surface area contributed by atoms with Crippen molar-refractivity contribution in [2.75, 3.05) is 5.32 Å². The summed E-state index contributed by atoms with van der Waals surface area (Å²) in [5.41, 5.74) is -0.618. The summed E-state index contributed by atoms with van der Waals surface area (Å²) < 4.78 is 43.4. The number of amides is 1. The van der Waals surface area contributed by atoms with Crippen molar-refractivity contribution >= 4 is 29.2 Å². The van der Waals surface area contributed by atoms with Gasteiger partial charge in [-0.15, -0.1) is 0 Å². The number of aromatic carboxylic acids is 1. The topological polar surface area (TPSA) is 75.6 Å². The molecule has 0 unspecified atom stereocenters. The second kappa shape index (κ2) is 8.30.